The molecule has 5 nitrogen and oxygen atoms in total. The number of carbonyl (C=O) groups is 1. The number of aromatic nitrogens is 2. The van der Waals surface area contributed by atoms with Crippen LogP contribution >= 0.6 is 0 Å². The van der Waals surface area contributed by atoms with Gasteiger partial charge in [-0.15, -0.1) is 0 Å². The summed E-state index contributed by atoms with van der Waals surface area (Å²) in [5, 5.41) is 2.72. The Kier molecular flexibility index (Phi) is 8.85. The fraction of sp³-hybridized carbons (Fsp3) is 0.615. The first kappa shape index (κ1) is 28.8. The number of alkyl halides is 5. The van der Waals surface area contributed by atoms with Crippen molar-refractivity contribution in [3.05, 3.63) is 41.2 Å². The number of imidazole rings is 1. The molecule has 1 aromatic carbocycles. The number of nitrogens with zero attached hydrogens (tertiary/aromatic N) is 2. The fourth-order valence-corrected chi connectivity index (χ4v) is 4.58. The summed E-state index contributed by atoms with van der Waals surface area (Å²) in [5.74, 6) is -1.28. The van der Waals surface area contributed by atoms with E-state index in [0.717, 1.165) is 50.2 Å². The van der Waals surface area contributed by atoms with Gasteiger partial charge in [0.1, 0.15) is 5.82 Å². The summed E-state index contributed by atoms with van der Waals surface area (Å²) in [7, 11) is 0. The molecule has 2 aromatic rings. The number of hydrogen-bond donors (Lipinski definition) is 1. The van der Waals surface area contributed by atoms with Crippen LogP contribution in [-0.4, -0.2) is 34.8 Å². The van der Waals surface area contributed by atoms with Gasteiger partial charge in [0.25, 0.3) is 5.91 Å². The van der Waals surface area contributed by atoms with Crippen LogP contribution in [0.1, 0.15) is 75.3 Å². The maximum atomic E-state index is 15.5. The van der Waals surface area contributed by atoms with E-state index in [-0.39, 0.29) is 29.4 Å². The van der Waals surface area contributed by atoms with E-state index < -0.39 is 47.9 Å². The minimum atomic E-state index is -4.53. The molecule has 0 atom stereocenters. The molecule has 0 aliphatic heterocycles. The Morgan fingerprint density at radius 1 is 1.19 bits per heavy atom. The smallest absolute Gasteiger partial charge is 0.394 e. The van der Waals surface area contributed by atoms with Gasteiger partial charge in [-0.05, 0) is 48.8 Å². The molecule has 1 aliphatic carbocycles. The van der Waals surface area contributed by atoms with E-state index in [1.807, 2.05) is 0 Å². The van der Waals surface area contributed by atoms with Crippen LogP contribution in [0, 0.1) is 23.2 Å². The quantitative estimate of drug-likeness (QED) is 0.358. The topological polar surface area (TPSA) is 56.2 Å². The lowest BCUT2D eigenvalue weighted by Crippen LogP contribution is -2.34. The summed E-state index contributed by atoms with van der Waals surface area (Å²) in [6.07, 6.45) is -0.827. The number of rotatable bonds is 9. The highest BCUT2D eigenvalue weighted by Crippen LogP contribution is 2.41. The van der Waals surface area contributed by atoms with Gasteiger partial charge >= 0.3 is 12.8 Å². The Morgan fingerprint density at radius 3 is 2.41 bits per heavy atom. The average molecular weight is 534 g/mol. The molecule has 1 N–H and O–H groups in total. The summed E-state index contributed by atoms with van der Waals surface area (Å²) in [6.45, 7) is 2.90. The van der Waals surface area contributed by atoms with Gasteiger partial charge in [0, 0.05) is 13.0 Å². The molecule has 1 heterocycles. The van der Waals surface area contributed by atoms with Crippen molar-refractivity contribution in [2.45, 2.75) is 79.0 Å². The Balaban J connectivity index is 1.92. The van der Waals surface area contributed by atoms with E-state index in [9.17, 15) is 26.7 Å². The van der Waals surface area contributed by atoms with Crippen LogP contribution in [0.2, 0.25) is 0 Å². The Morgan fingerprint density at radius 2 is 1.84 bits per heavy atom. The van der Waals surface area contributed by atoms with Crippen LogP contribution in [0.3, 0.4) is 0 Å². The highest BCUT2D eigenvalue weighted by atomic mass is 19.4. The SMILES string of the molecule is CCc1nc(C(=O)NCC2CCC(C)CC2)c(F)n1-c1ccc(CC(C)(C)C(F)(F)F)cc1OC(F)F. The number of nitrogens with one attached hydrogen (secondary N) is 1. The first-order valence-electron chi connectivity index (χ1n) is 12.4. The monoisotopic (exact) mass is 533 g/mol. The van der Waals surface area contributed by atoms with Gasteiger partial charge in [-0.2, -0.15) is 26.3 Å². The third-order valence-electron chi connectivity index (χ3n) is 7.00. The number of amides is 1. The summed E-state index contributed by atoms with van der Waals surface area (Å²) in [6, 6.07) is 3.54. The highest BCUT2D eigenvalue weighted by molar-refractivity contribution is 5.92. The number of ether oxygens (including phenoxy) is 1. The van der Waals surface area contributed by atoms with Crippen molar-refractivity contribution in [3.8, 4) is 11.4 Å². The number of carbonyl (C=O) groups excluding carboxylic acids is 1. The molecule has 0 unspecified atom stereocenters. The van der Waals surface area contributed by atoms with Crippen molar-refractivity contribution >= 4 is 5.91 Å². The molecular formula is C26H33F6N3O2. The lowest BCUT2D eigenvalue weighted by atomic mass is 9.83. The zero-order valence-electron chi connectivity index (χ0n) is 21.4. The van der Waals surface area contributed by atoms with Crippen molar-refractivity contribution in [2.24, 2.45) is 17.3 Å². The number of halogens is 6. The molecule has 1 aliphatic rings. The van der Waals surface area contributed by atoms with Gasteiger partial charge in [-0.1, -0.05) is 46.6 Å². The Bertz CT molecular complexity index is 1090. The normalized spacial score (nSPS) is 18.8. The van der Waals surface area contributed by atoms with Gasteiger partial charge in [-0.25, -0.2) is 4.98 Å². The highest BCUT2D eigenvalue weighted by Gasteiger charge is 2.47. The Labute approximate surface area is 212 Å². The van der Waals surface area contributed by atoms with E-state index >= 15 is 4.39 Å². The first-order chi connectivity index (χ1) is 17.2. The lowest BCUT2D eigenvalue weighted by Gasteiger charge is -2.28. The van der Waals surface area contributed by atoms with Crippen molar-refractivity contribution in [1.29, 1.82) is 0 Å². The van der Waals surface area contributed by atoms with Gasteiger partial charge < -0.3 is 10.1 Å². The van der Waals surface area contributed by atoms with Crippen molar-refractivity contribution < 1.29 is 35.9 Å². The Hall–Kier alpha value is -2.72. The van der Waals surface area contributed by atoms with Gasteiger partial charge in [0.05, 0.1) is 11.1 Å². The average Bonchev–Trinajstić information content (AvgIpc) is 3.13. The van der Waals surface area contributed by atoms with Crippen molar-refractivity contribution in [2.75, 3.05) is 6.54 Å². The predicted octanol–water partition coefficient (Wildman–Crippen LogP) is 6.86. The molecule has 206 valence electrons. The van der Waals surface area contributed by atoms with E-state index in [1.54, 1.807) is 6.92 Å². The molecule has 0 bridgehead atoms. The maximum absolute atomic E-state index is 15.5. The van der Waals surface area contributed by atoms with Crippen LogP contribution in [0.15, 0.2) is 18.2 Å². The molecule has 0 saturated heterocycles. The van der Waals surface area contributed by atoms with Crippen LogP contribution in [0.4, 0.5) is 26.3 Å². The number of aryl methyl sites for hydroxylation is 1. The molecule has 1 saturated carbocycles. The zero-order valence-corrected chi connectivity index (χ0v) is 21.4. The molecule has 0 radical (unpaired) electrons. The summed E-state index contributed by atoms with van der Waals surface area (Å²) >= 11 is 0. The standard InChI is InChI=1S/C26H33F6N3O2/c1-5-20-34-21(23(36)33-14-16-8-6-15(2)7-9-16)22(27)35(20)18-11-10-17(12-19(18)37-24(28)29)13-25(3,4)26(30,31)32/h10-12,15-16,24H,5-9,13-14H2,1-4H3,(H,33,36). The summed E-state index contributed by atoms with van der Waals surface area (Å²) < 4.78 is 87.5. The van der Waals surface area contributed by atoms with Gasteiger partial charge in [0.2, 0.25) is 5.95 Å². The van der Waals surface area contributed by atoms with Crippen LogP contribution < -0.4 is 10.1 Å². The minimum Gasteiger partial charge on any atom is -0.433 e. The van der Waals surface area contributed by atoms with E-state index in [1.165, 1.54) is 12.1 Å². The van der Waals surface area contributed by atoms with Gasteiger partial charge in [-0.3, -0.25) is 9.36 Å². The third kappa shape index (κ3) is 6.78. The van der Waals surface area contributed by atoms with Crippen molar-refractivity contribution in [1.82, 2.24) is 14.9 Å². The second kappa shape index (κ2) is 11.3. The van der Waals surface area contributed by atoms with Gasteiger partial charge in [0.15, 0.2) is 11.4 Å². The third-order valence-corrected chi connectivity index (χ3v) is 7.00. The zero-order chi connectivity index (χ0) is 27.5. The van der Waals surface area contributed by atoms with Crippen LogP contribution in [0.5, 0.6) is 5.75 Å². The molecule has 1 aromatic heterocycles. The molecule has 1 fully saturated rings. The van der Waals surface area contributed by atoms with E-state index in [0.29, 0.717) is 12.5 Å². The van der Waals surface area contributed by atoms with E-state index in [4.69, 9.17) is 0 Å². The molecule has 3 rings (SSSR count). The molecule has 11 heteroatoms. The summed E-state index contributed by atoms with van der Waals surface area (Å²) in [5.41, 5.74) is -2.71. The second-order valence-electron chi connectivity index (χ2n) is 10.4. The largest absolute Gasteiger partial charge is 0.433 e. The van der Waals surface area contributed by atoms with Crippen LogP contribution in [0.25, 0.3) is 5.69 Å². The lowest BCUT2D eigenvalue weighted by molar-refractivity contribution is -0.211. The molecule has 0 spiro atoms. The van der Waals surface area contributed by atoms with Crippen molar-refractivity contribution in [3.63, 3.8) is 0 Å². The fourth-order valence-electron chi connectivity index (χ4n) is 4.58. The predicted molar refractivity (Wildman–Crippen MR) is 127 cm³/mol. The number of benzene rings is 1. The molecule has 37 heavy (non-hydrogen) atoms. The maximum Gasteiger partial charge on any atom is 0.394 e. The molecule has 1 amide bonds. The minimum absolute atomic E-state index is 0.0802. The molecular weight excluding hydrogens is 500 g/mol. The number of hydrogen-bond acceptors (Lipinski definition) is 3. The first-order valence-corrected chi connectivity index (χ1v) is 12.4. The van der Waals surface area contributed by atoms with Crippen LogP contribution in [-0.2, 0) is 12.8 Å². The summed E-state index contributed by atoms with van der Waals surface area (Å²) in [4.78, 5) is 16.9. The second-order valence-corrected chi connectivity index (χ2v) is 10.4. The van der Waals surface area contributed by atoms with E-state index in [2.05, 4.69) is 22.0 Å².